The van der Waals surface area contributed by atoms with E-state index in [4.69, 9.17) is 4.65 Å². The molecule has 2 aromatic rings. The predicted molar refractivity (Wildman–Crippen MR) is 161 cm³/mol. The number of amides is 2. The molecule has 0 aromatic heterocycles. The number of imide groups is 1. The Hall–Kier alpha value is -2.68. The fourth-order valence-electron chi connectivity index (χ4n) is 6.83. The molecule has 8 heteroatoms. The van der Waals surface area contributed by atoms with Crippen molar-refractivity contribution in [2.75, 3.05) is 6.54 Å². The number of hydrogen-bond acceptors (Lipinski definition) is 5. The van der Waals surface area contributed by atoms with Crippen LogP contribution in [0, 0.1) is 23.7 Å². The topological polar surface area (TPSA) is 87.1 Å². The number of likely N-dealkylation sites (tertiary alicyclic amines) is 1. The lowest BCUT2D eigenvalue weighted by Crippen LogP contribution is -2.46. The number of allylic oxidation sites excluding steroid dienone is 2. The molecule has 2 saturated heterocycles. The summed E-state index contributed by atoms with van der Waals surface area (Å²) < 4.78 is 7.08. The number of nitrogens with zero attached hydrogens (tertiary/aromatic N) is 1. The highest BCUT2D eigenvalue weighted by Gasteiger charge is 2.57. The zero-order chi connectivity index (χ0) is 28.6. The first-order valence-corrected chi connectivity index (χ1v) is 15.1. The van der Waals surface area contributed by atoms with Gasteiger partial charge in [0.25, 0.3) is 0 Å². The number of benzene rings is 2. The van der Waals surface area contributed by atoms with Crippen LogP contribution >= 0.6 is 15.9 Å². The Morgan fingerprint density at radius 1 is 1.15 bits per heavy atom. The van der Waals surface area contributed by atoms with Crippen LogP contribution in [0.15, 0.2) is 64.1 Å². The van der Waals surface area contributed by atoms with Gasteiger partial charge in [-0.1, -0.05) is 72.6 Å². The van der Waals surface area contributed by atoms with E-state index < -0.39 is 13.0 Å². The number of carbonyl (C=O) groups excluding carboxylic acids is 2. The van der Waals surface area contributed by atoms with Gasteiger partial charge in [-0.2, -0.15) is 0 Å². The molecule has 2 N–H and O–H groups in total. The van der Waals surface area contributed by atoms with Crippen molar-refractivity contribution in [2.24, 2.45) is 23.7 Å². The van der Waals surface area contributed by atoms with E-state index >= 15 is 0 Å². The first-order chi connectivity index (χ1) is 19.2. The Morgan fingerprint density at radius 2 is 1.90 bits per heavy atom. The van der Waals surface area contributed by atoms with E-state index in [1.807, 2.05) is 37.3 Å². The number of phenolic OH excluding ortho intramolecular Hbond substituents is 1. The number of carbonyl (C=O) groups is 2. The Balaban J connectivity index is 1.50. The van der Waals surface area contributed by atoms with E-state index in [2.05, 4.69) is 41.9 Å². The monoisotopic (exact) mass is 605 g/mol. The second-order valence-corrected chi connectivity index (χ2v) is 12.4. The number of rotatable bonds is 8. The van der Waals surface area contributed by atoms with Crippen LogP contribution in [0.2, 0.25) is 6.32 Å². The maximum absolute atomic E-state index is 13.5. The molecule has 40 heavy (non-hydrogen) atoms. The summed E-state index contributed by atoms with van der Waals surface area (Å²) in [7, 11) is -0.993. The molecule has 2 amide bonds. The summed E-state index contributed by atoms with van der Waals surface area (Å²) in [4.78, 5) is 28.3. The Bertz CT molecular complexity index is 1340. The molecule has 0 saturated carbocycles. The first kappa shape index (κ1) is 28.8. The molecule has 0 unspecified atom stereocenters. The molecular formula is C32H37BBrNO5. The third-order valence-corrected chi connectivity index (χ3v) is 9.11. The number of halogens is 1. The van der Waals surface area contributed by atoms with Crippen LogP contribution in [0.25, 0.3) is 11.6 Å². The normalized spacial score (nSPS) is 25.1. The van der Waals surface area contributed by atoms with Gasteiger partial charge in [0, 0.05) is 16.6 Å². The first-order valence-electron chi connectivity index (χ1n) is 14.4. The molecule has 6 nitrogen and oxygen atoms in total. The van der Waals surface area contributed by atoms with Gasteiger partial charge in [-0.15, -0.1) is 0 Å². The van der Waals surface area contributed by atoms with Crippen molar-refractivity contribution in [3.63, 3.8) is 0 Å². The summed E-state index contributed by atoms with van der Waals surface area (Å²) in [5.74, 6) is -0.743. The average Bonchev–Trinajstić information content (AvgIpc) is 3.17. The maximum Gasteiger partial charge on any atom is 0.455 e. The minimum Gasteiger partial charge on any atom is -0.507 e. The summed E-state index contributed by atoms with van der Waals surface area (Å²) in [6.07, 6.45) is 4.51. The van der Waals surface area contributed by atoms with Gasteiger partial charge in [-0.25, -0.2) is 0 Å². The lowest BCUT2D eigenvalue weighted by molar-refractivity contribution is -0.140. The van der Waals surface area contributed by atoms with E-state index in [9.17, 15) is 19.7 Å². The Labute approximate surface area is 245 Å². The van der Waals surface area contributed by atoms with Crippen LogP contribution in [0.3, 0.4) is 0 Å². The Morgan fingerprint density at radius 3 is 2.60 bits per heavy atom. The molecule has 5 rings (SSSR count). The maximum atomic E-state index is 13.5. The summed E-state index contributed by atoms with van der Waals surface area (Å²) in [5, 5.41) is 21.4. The van der Waals surface area contributed by atoms with Crippen LogP contribution in [0.1, 0.15) is 57.6 Å². The number of phenols is 1. The van der Waals surface area contributed by atoms with Gasteiger partial charge >= 0.3 is 7.12 Å². The van der Waals surface area contributed by atoms with Gasteiger partial charge in [0.2, 0.25) is 11.8 Å². The van der Waals surface area contributed by atoms with Gasteiger partial charge < -0.3 is 14.8 Å². The smallest absolute Gasteiger partial charge is 0.455 e. The molecule has 2 heterocycles. The quantitative estimate of drug-likeness (QED) is 0.159. The lowest BCUT2D eigenvalue weighted by Gasteiger charge is -2.44. The fraction of sp³-hybridized carbons (Fsp3) is 0.438. The zero-order valence-corrected chi connectivity index (χ0v) is 24.9. The van der Waals surface area contributed by atoms with Crippen molar-refractivity contribution >= 4 is 46.5 Å². The largest absolute Gasteiger partial charge is 0.507 e. The minimum absolute atomic E-state index is 0.0605. The second-order valence-electron chi connectivity index (χ2n) is 11.5. The van der Waals surface area contributed by atoms with Crippen molar-refractivity contribution in [3.8, 4) is 5.75 Å². The van der Waals surface area contributed by atoms with E-state index in [-0.39, 0.29) is 41.4 Å². The van der Waals surface area contributed by atoms with Crippen molar-refractivity contribution in [2.45, 2.75) is 58.9 Å². The van der Waals surface area contributed by atoms with Gasteiger partial charge in [-0.05, 0) is 84.8 Å². The standard InChI is InChI=1S/C32H37BBrNO5/c1-4-14-35-31(37)25-17-24(19(2)3)29-26(30(25)32(35)38)18-33(39)40-28(29)13-10-21(20-8-6-5-7-9-20)15-22-16-23(34)11-12-27(22)36/h5-9,11-12,15-16,19,25-26,28,30,36,39H,4,10,13-14,17-18H2,1-3H3/b21-15-/t25-,26+,28-,30-/m1/s1. The molecule has 2 aliphatic heterocycles. The molecule has 3 aliphatic rings. The SMILES string of the molecule is CCCN1C(=O)[C@@H]2[C@@H](CC(C(C)C)=C3[C@@H](CC/C(=C/c4cc(Br)ccc4O)c4ccccc4)OB(O)C[C@@H]32)C1=O. The third-order valence-electron chi connectivity index (χ3n) is 8.62. The van der Waals surface area contributed by atoms with Gasteiger partial charge in [0.15, 0.2) is 0 Å². The van der Waals surface area contributed by atoms with Crippen molar-refractivity contribution < 1.29 is 24.4 Å². The van der Waals surface area contributed by atoms with Crippen molar-refractivity contribution in [1.82, 2.24) is 4.90 Å². The molecule has 4 atom stereocenters. The molecule has 2 aromatic carbocycles. The highest BCUT2D eigenvalue weighted by Crippen LogP contribution is 2.52. The zero-order valence-electron chi connectivity index (χ0n) is 23.3. The molecule has 210 valence electrons. The highest BCUT2D eigenvalue weighted by atomic mass is 79.9. The molecule has 0 spiro atoms. The summed E-state index contributed by atoms with van der Waals surface area (Å²) in [5.41, 5.74) is 5.10. The third kappa shape index (κ3) is 5.59. The summed E-state index contributed by atoms with van der Waals surface area (Å²) >= 11 is 3.50. The van der Waals surface area contributed by atoms with Crippen LogP contribution in [0.5, 0.6) is 5.75 Å². The number of aromatic hydroxyl groups is 1. The minimum atomic E-state index is -0.993. The molecular weight excluding hydrogens is 569 g/mol. The summed E-state index contributed by atoms with van der Waals surface area (Å²) in [6, 6.07) is 15.4. The summed E-state index contributed by atoms with van der Waals surface area (Å²) in [6.45, 7) is 6.70. The van der Waals surface area contributed by atoms with E-state index in [0.29, 0.717) is 37.7 Å². The predicted octanol–water partition coefficient (Wildman–Crippen LogP) is 6.34. The van der Waals surface area contributed by atoms with Crippen molar-refractivity contribution in [3.05, 3.63) is 75.3 Å². The highest BCUT2D eigenvalue weighted by molar-refractivity contribution is 9.10. The van der Waals surface area contributed by atoms with Crippen molar-refractivity contribution in [1.29, 1.82) is 0 Å². The number of fused-ring (bicyclic) bond motifs is 3. The van der Waals surface area contributed by atoms with E-state index in [0.717, 1.165) is 27.6 Å². The van der Waals surface area contributed by atoms with Crippen LogP contribution in [-0.2, 0) is 14.2 Å². The van der Waals surface area contributed by atoms with Crippen LogP contribution in [0.4, 0.5) is 0 Å². The Kier molecular flexibility index (Phi) is 8.69. The number of hydrogen-bond donors (Lipinski definition) is 2. The fourth-order valence-corrected chi connectivity index (χ4v) is 7.21. The second kappa shape index (κ2) is 12.1. The van der Waals surface area contributed by atoms with Crippen LogP contribution in [-0.4, -0.2) is 46.6 Å². The molecule has 0 bridgehead atoms. The molecule has 0 radical (unpaired) electrons. The molecule has 1 aliphatic carbocycles. The average molecular weight is 606 g/mol. The van der Waals surface area contributed by atoms with Gasteiger partial charge in [0.1, 0.15) is 5.75 Å². The van der Waals surface area contributed by atoms with E-state index in [1.165, 1.54) is 10.5 Å². The van der Waals surface area contributed by atoms with Gasteiger partial charge in [0.05, 0.1) is 17.9 Å². The van der Waals surface area contributed by atoms with Gasteiger partial charge in [-0.3, -0.25) is 14.5 Å². The van der Waals surface area contributed by atoms with Crippen LogP contribution < -0.4 is 0 Å². The van der Waals surface area contributed by atoms with E-state index in [1.54, 1.807) is 12.1 Å². The molecule has 2 fully saturated rings. The lowest BCUT2D eigenvalue weighted by atomic mass is 9.57.